The summed E-state index contributed by atoms with van der Waals surface area (Å²) in [4.78, 5) is 13.1. The number of aromatic nitrogens is 3. The van der Waals surface area contributed by atoms with Crippen LogP contribution in [-0.2, 0) is 9.47 Å². The Hall–Kier alpha value is -2.87. The highest BCUT2D eigenvalue weighted by atomic mass is 19.1. The van der Waals surface area contributed by atoms with Gasteiger partial charge in [0.1, 0.15) is 11.6 Å². The van der Waals surface area contributed by atoms with E-state index in [1.54, 1.807) is 25.4 Å². The Balaban J connectivity index is 1.37. The summed E-state index contributed by atoms with van der Waals surface area (Å²) in [5, 5.41) is 20.0. The minimum absolute atomic E-state index is 0.279. The third kappa shape index (κ3) is 6.87. The molecule has 9 nitrogen and oxygen atoms in total. The lowest BCUT2D eigenvalue weighted by atomic mass is 9.82. The maximum Gasteiger partial charge on any atom is 0.164 e. The largest absolute Gasteiger partial charge is 0.383 e. The van der Waals surface area contributed by atoms with Crippen LogP contribution in [0.5, 0.6) is 0 Å². The molecule has 10 heteroatoms. The van der Waals surface area contributed by atoms with Crippen molar-refractivity contribution >= 4 is 11.6 Å². The molecule has 0 aromatic carbocycles. The Bertz CT molecular complexity index is 1030. The number of ether oxygens (including phenoxy) is 2. The van der Waals surface area contributed by atoms with Crippen LogP contribution in [0.3, 0.4) is 0 Å². The minimum Gasteiger partial charge on any atom is -0.383 e. The number of pyridine rings is 1. The fraction of sp³-hybridized carbons (Fsp3) is 0.615. The molecule has 1 atom stereocenters. The van der Waals surface area contributed by atoms with Crippen molar-refractivity contribution in [2.45, 2.75) is 63.6 Å². The van der Waals surface area contributed by atoms with Gasteiger partial charge in [-0.1, -0.05) is 0 Å². The van der Waals surface area contributed by atoms with Gasteiger partial charge in [-0.15, -0.1) is 0 Å². The fourth-order valence-electron chi connectivity index (χ4n) is 4.94. The molecule has 1 unspecified atom stereocenters. The van der Waals surface area contributed by atoms with Crippen LogP contribution in [0, 0.1) is 22.6 Å². The zero-order valence-corrected chi connectivity index (χ0v) is 21.1. The second-order valence-corrected chi connectivity index (χ2v) is 9.89. The van der Waals surface area contributed by atoms with Gasteiger partial charge in [0.15, 0.2) is 11.6 Å². The third-order valence-electron chi connectivity index (χ3n) is 7.06. The average molecular weight is 498 g/mol. The summed E-state index contributed by atoms with van der Waals surface area (Å²) in [7, 11) is 1.72. The Labute approximate surface area is 212 Å². The number of nitriles is 1. The fourth-order valence-corrected chi connectivity index (χ4v) is 4.94. The van der Waals surface area contributed by atoms with Crippen molar-refractivity contribution < 1.29 is 13.9 Å². The molecule has 1 aliphatic carbocycles. The van der Waals surface area contributed by atoms with Crippen LogP contribution >= 0.6 is 0 Å². The lowest BCUT2D eigenvalue weighted by Gasteiger charge is -2.31. The molecule has 1 saturated carbocycles. The Morgan fingerprint density at radius 1 is 1.19 bits per heavy atom. The van der Waals surface area contributed by atoms with Gasteiger partial charge in [0.2, 0.25) is 0 Å². The first-order valence-electron chi connectivity index (χ1n) is 12.7. The lowest BCUT2D eigenvalue weighted by Crippen LogP contribution is -2.42. The summed E-state index contributed by atoms with van der Waals surface area (Å²) in [6, 6.07) is 6.93. The molecule has 0 bridgehead atoms. The van der Waals surface area contributed by atoms with Gasteiger partial charge in [0.05, 0.1) is 29.9 Å². The number of hydrogen-bond acceptors (Lipinski definition) is 9. The highest BCUT2D eigenvalue weighted by Gasteiger charge is 2.32. The van der Waals surface area contributed by atoms with Gasteiger partial charge < -0.3 is 25.4 Å². The number of nitrogens with one attached hydrogen (secondary N) is 3. The van der Waals surface area contributed by atoms with Crippen LogP contribution in [0.1, 0.15) is 45.4 Å². The second-order valence-electron chi connectivity index (χ2n) is 9.89. The number of hydrogen-bond donors (Lipinski definition) is 3. The van der Waals surface area contributed by atoms with Gasteiger partial charge >= 0.3 is 0 Å². The van der Waals surface area contributed by atoms with Gasteiger partial charge in [-0.2, -0.15) is 5.26 Å². The van der Waals surface area contributed by atoms with E-state index in [1.807, 2.05) is 0 Å². The number of rotatable bonds is 10. The lowest BCUT2D eigenvalue weighted by molar-refractivity contribution is 0.0455. The first kappa shape index (κ1) is 26.2. The van der Waals surface area contributed by atoms with Crippen LogP contribution in [0.4, 0.5) is 16.0 Å². The highest BCUT2D eigenvalue weighted by Crippen LogP contribution is 2.30. The van der Waals surface area contributed by atoms with Crippen molar-refractivity contribution in [2.75, 3.05) is 44.1 Å². The van der Waals surface area contributed by atoms with Gasteiger partial charge in [-0.25, -0.2) is 19.3 Å². The summed E-state index contributed by atoms with van der Waals surface area (Å²) >= 11 is 0. The molecular weight excluding hydrogens is 461 g/mol. The van der Waals surface area contributed by atoms with E-state index >= 15 is 0 Å². The van der Waals surface area contributed by atoms with Gasteiger partial charge in [-0.05, 0) is 57.6 Å². The Morgan fingerprint density at radius 3 is 2.67 bits per heavy atom. The zero-order valence-electron chi connectivity index (χ0n) is 21.1. The van der Waals surface area contributed by atoms with E-state index < -0.39 is 11.2 Å². The number of nitrogens with zero attached hydrogens (tertiary/aromatic N) is 4. The monoisotopic (exact) mass is 497 g/mol. The molecule has 194 valence electrons. The van der Waals surface area contributed by atoms with Gasteiger partial charge in [0, 0.05) is 51.2 Å². The van der Waals surface area contributed by atoms with Gasteiger partial charge in [0.25, 0.3) is 0 Å². The summed E-state index contributed by atoms with van der Waals surface area (Å²) in [6.45, 7) is 4.45. The Kier molecular flexibility index (Phi) is 9.02. The van der Waals surface area contributed by atoms with Crippen molar-refractivity contribution in [3.63, 3.8) is 0 Å². The second kappa shape index (κ2) is 12.4. The van der Waals surface area contributed by atoms with E-state index in [2.05, 4.69) is 43.9 Å². The normalized spacial score (nSPS) is 22.4. The first-order valence-corrected chi connectivity index (χ1v) is 12.7. The first-order chi connectivity index (χ1) is 17.5. The van der Waals surface area contributed by atoms with Crippen LogP contribution < -0.4 is 16.0 Å². The zero-order chi connectivity index (χ0) is 25.4. The van der Waals surface area contributed by atoms with E-state index in [-0.39, 0.29) is 11.9 Å². The molecule has 0 spiro atoms. The van der Waals surface area contributed by atoms with E-state index in [0.29, 0.717) is 68.5 Å². The molecule has 2 aromatic heterocycles. The van der Waals surface area contributed by atoms with Crippen molar-refractivity contribution in [3.05, 3.63) is 30.3 Å². The van der Waals surface area contributed by atoms with E-state index in [9.17, 15) is 9.65 Å². The summed E-state index contributed by atoms with van der Waals surface area (Å²) in [5.74, 6) is 0.972. The van der Waals surface area contributed by atoms with Crippen molar-refractivity contribution in [3.8, 4) is 17.5 Å². The van der Waals surface area contributed by atoms with Crippen LogP contribution in [0.2, 0.25) is 0 Å². The van der Waals surface area contributed by atoms with Crippen LogP contribution in [-0.4, -0.2) is 66.6 Å². The van der Waals surface area contributed by atoms with Crippen LogP contribution in [0.15, 0.2) is 24.5 Å². The highest BCUT2D eigenvalue weighted by molar-refractivity contribution is 5.61. The molecule has 1 saturated heterocycles. The molecular formula is C26H36FN7O2. The topological polar surface area (TPSA) is 117 Å². The van der Waals surface area contributed by atoms with Gasteiger partial charge in [-0.3, -0.25) is 0 Å². The third-order valence-corrected chi connectivity index (χ3v) is 7.06. The van der Waals surface area contributed by atoms with E-state index in [0.717, 1.165) is 25.7 Å². The molecule has 0 radical (unpaired) electrons. The molecule has 4 rings (SSSR count). The van der Waals surface area contributed by atoms with Crippen LogP contribution in [0.25, 0.3) is 11.4 Å². The maximum absolute atomic E-state index is 14.7. The molecule has 1 aliphatic heterocycles. The molecule has 3 heterocycles. The molecule has 36 heavy (non-hydrogen) atoms. The maximum atomic E-state index is 14.7. The predicted octanol–water partition coefficient (Wildman–Crippen LogP) is 3.76. The minimum atomic E-state index is -0.487. The quantitative estimate of drug-likeness (QED) is 0.451. The van der Waals surface area contributed by atoms with E-state index in [1.165, 1.54) is 6.20 Å². The summed E-state index contributed by atoms with van der Waals surface area (Å²) in [5.41, 5.74) is -0.195. The van der Waals surface area contributed by atoms with Crippen molar-refractivity contribution in [1.82, 2.24) is 20.3 Å². The summed E-state index contributed by atoms with van der Waals surface area (Å²) < 4.78 is 25.3. The molecule has 3 N–H and O–H groups in total. The van der Waals surface area contributed by atoms with E-state index in [4.69, 9.17) is 9.47 Å². The average Bonchev–Trinajstić information content (AvgIpc) is 2.90. The smallest absolute Gasteiger partial charge is 0.164 e. The molecule has 2 fully saturated rings. The Morgan fingerprint density at radius 2 is 1.94 bits per heavy atom. The number of methoxy groups -OCH3 is 1. The standard InChI is InChI=1S/C26H36FN7O2/c1-18(15-35-2)32-19-3-5-20(6-4-19)33-24-13-21(22(27)14-30-24)25-29-10-7-23(34-25)31-17-26(16-28)8-11-36-12-9-26/h7,10,13-14,18-20,32H,3-6,8-9,11-12,15,17H2,1-2H3,(H,30,33)(H,29,31,34). The number of halogens is 1. The predicted molar refractivity (Wildman–Crippen MR) is 136 cm³/mol. The molecule has 2 aliphatic rings. The van der Waals surface area contributed by atoms with Crippen molar-refractivity contribution in [1.29, 1.82) is 5.26 Å². The SMILES string of the molecule is COCC(C)NC1CCC(Nc2cc(-c3nccc(NCC4(C#N)CCOCC4)n3)c(F)cn2)CC1. The molecule has 0 amide bonds. The summed E-state index contributed by atoms with van der Waals surface area (Å²) in [6.07, 6.45) is 8.30. The molecule has 2 aromatic rings. The number of anilines is 2. The van der Waals surface area contributed by atoms with Crippen molar-refractivity contribution in [2.24, 2.45) is 5.41 Å².